The lowest BCUT2D eigenvalue weighted by Crippen LogP contribution is -2.16. The SMILES string of the molecule is CC1(C)c2ccccc2-c2cccc(-c3ccc(-c4nc(-c5ccccc5)cc(-c5ccccc5-c5ccccc5)n4)c4ccccc34)c21. The molecule has 0 N–H and O–H groups in total. The molecule has 232 valence electrons. The molecular weight excluding hydrogens is 593 g/mol. The molecule has 0 fully saturated rings. The van der Waals surface area contributed by atoms with Gasteiger partial charge in [0.15, 0.2) is 5.82 Å². The van der Waals surface area contributed by atoms with E-state index < -0.39 is 0 Å². The molecule has 0 spiro atoms. The molecule has 0 saturated carbocycles. The van der Waals surface area contributed by atoms with Crippen LogP contribution in [-0.4, -0.2) is 9.97 Å². The van der Waals surface area contributed by atoms with E-state index in [1.54, 1.807) is 0 Å². The highest BCUT2D eigenvalue weighted by Crippen LogP contribution is 2.53. The summed E-state index contributed by atoms with van der Waals surface area (Å²) in [4.78, 5) is 10.6. The highest BCUT2D eigenvalue weighted by molar-refractivity contribution is 6.06. The van der Waals surface area contributed by atoms with Crippen LogP contribution in [0.3, 0.4) is 0 Å². The molecule has 0 atom stereocenters. The summed E-state index contributed by atoms with van der Waals surface area (Å²) in [5, 5.41) is 2.33. The van der Waals surface area contributed by atoms with Crippen LogP contribution in [0, 0.1) is 0 Å². The van der Waals surface area contributed by atoms with Crippen molar-refractivity contribution in [3.8, 4) is 67.3 Å². The van der Waals surface area contributed by atoms with Crippen molar-refractivity contribution < 1.29 is 0 Å². The van der Waals surface area contributed by atoms with Crippen LogP contribution in [-0.2, 0) is 5.41 Å². The van der Waals surface area contributed by atoms with E-state index >= 15 is 0 Å². The van der Waals surface area contributed by atoms with Gasteiger partial charge in [0.1, 0.15) is 0 Å². The average molecular weight is 627 g/mol. The summed E-state index contributed by atoms with van der Waals surface area (Å²) in [6.45, 7) is 4.71. The van der Waals surface area contributed by atoms with Crippen molar-refractivity contribution in [1.82, 2.24) is 9.97 Å². The van der Waals surface area contributed by atoms with E-state index in [2.05, 4.69) is 178 Å². The Balaban J connectivity index is 1.26. The maximum Gasteiger partial charge on any atom is 0.161 e. The van der Waals surface area contributed by atoms with Crippen molar-refractivity contribution in [3.05, 3.63) is 181 Å². The minimum Gasteiger partial charge on any atom is -0.228 e. The topological polar surface area (TPSA) is 25.8 Å². The summed E-state index contributed by atoms with van der Waals surface area (Å²) >= 11 is 0. The van der Waals surface area contributed by atoms with Gasteiger partial charge in [-0.1, -0.05) is 172 Å². The number of aromatic nitrogens is 2. The number of rotatable bonds is 5. The van der Waals surface area contributed by atoms with Crippen LogP contribution in [0.1, 0.15) is 25.0 Å². The van der Waals surface area contributed by atoms with E-state index in [1.165, 1.54) is 38.8 Å². The smallest absolute Gasteiger partial charge is 0.161 e. The predicted molar refractivity (Wildman–Crippen MR) is 204 cm³/mol. The van der Waals surface area contributed by atoms with Gasteiger partial charge >= 0.3 is 0 Å². The Bertz CT molecular complexity index is 2510. The standard InChI is InChI=1S/C47H34N2/c1-47(2)42-27-14-13-23-37(42)40-26-15-25-39(45(40)47)36-28-29-41(35-22-11-10-21-34(35)36)46-48-43(32-18-7-4-8-19-32)30-44(49-46)38-24-12-9-20-33(38)31-16-5-3-6-17-31/h3-30H,1-2H3. The van der Waals surface area contributed by atoms with Crippen molar-refractivity contribution >= 4 is 10.8 Å². The zero-order valence-electron chi connectivity index (χ0n) is 27.6. The van der Waals surface area contributed by atoms with E-state index in [0.717, 1.165) is 44.6 Å². The molecule has 1 aliphatic rings. The van der Waals surface area contributed by atoms with Crippen LogP contribution in [0.4, 0.5) is 0 Å². The fraction of sp³-hybridized carbons (Fsp3) is 0.0638. The molecule has 2 nitrogen and oxygen atoms in total. The third-order valence-electron chi connectivity index (χ3n) is 10.1. The second-order valence-electron chi connectivity index (χ2n) is 13.3. The van der Waals surface area contributed by atoms with Crippen LogP contribution in [0.15, 0.2) is 170 Å². The lowest BCUT2D eigenvalue weighted by molar-refractivity contribution is 0.662. The molecule has 1 aliphatic carbocycles. The van der Waals surface area contributed by atoms with Crippen molar-refractivity contribution in [2.45, 2.75) is 19.3 Å². The van der Waals surface area contributed by atoms with Gasteiger partial charge in [-0.05, 0) is 67.4 Å². The summed E-state index contributed by atoms with van der Waals surface area (Å²) in [6.07, 6.45) is 0. The van der Waals surface area contributed by atoms with Gasteiger partial charge < -0.3 is 0 Å². The zero-order chi connectivity index (χ0) is 33.0. The zero-order valence-corrected chi connectivity index (χ0v) is 27.6. The quantitative estimate of drug-likeness (QED) is 0.190. The Kier molecular flexibility index (Phi) is 6.84. The van der Waals surface area contributed by atoms with Crippen molar-refractivity contribution in [2.75, 3.05) is 0 Å². The molecule has 7 aromatic carbocycles. The van der Waals surface area contributed by atoms with Crippen molar-refractivity contribution in [1.29, 1.82) is 0 Å². The molecule has 0 bridgehead atoms. The molecule has 1 aromatic heterocycles. The molecule has 1 heterocycles. The molecule has 9 rings (SSSR count). The first-order valence-electron chi connectivity index (χ1n) is 16.9. The Morgan fingerprint density at radius 2 is 0.878 bits per heavy atom. The van der Waals surface area contributed by atoms with E-state index in [9.17, 15) is 0 Å². The second kappa shape index (κ2) is 11.5. The Morgan fingerprint density at radius 3 is 1.61 bits per heavy atom. The second-order valence-corrected chi connectivity index (χ2v) is 13.3. The predicted octanol–water partition coefficient (Wildman–Crippen LogP) is 12.3. The van der Waals surface area contributed by atoms with Crippen molar-refractivity contribution in [2.24, 2.45) is 0 Å². The summed E-state index contributed by atoms with van der Waals surface area (Å²) in [5.41, 5.74) is 15.1. The maximum absolute atomic E-state index is 5.34. The Labute approximate surface area is 287 Å². The maximum atomic E-state index is 5.34. The van der Waals surface area contributed by atoms with Crippen LogP contribution < -0.4 is 0 Å². The van der Waals surface area contributed by atoms with Gasteiger partial charge in [0, 0.05) is 22.1 Å². The summed E-state index contributed by atoms with van der Waals surface area (Å²) in [6, 6.07) is 60.5. The fourth-order valence-corrected chi connectivity index (χ4v) is 7.84. The minimum atomic E-state index is -0.115. The minimum absolute atomic E-state index is 0.115. The van der Waals surface area contributed by atoms with Gasteiger partial charge in [0.05, 0.1) is 11.4 Å². The van der Waals surface area contributed by atoms with E-state index in [-0.39, 0.29) is 5.41 Å². The van der Waals surface area contributed by atoms with Gasteiger partial charge in [0.2, 0.25) is 0 Å². The summed E-state index contributed by atoms with van der Waals surface area (Å²) < 4.78 is 0. The number of hydrogen-bond acceptors (Lipinski definition) is 2. The molecule has 0 amide bonds. The number of hydrogen-bond donors (Lipinski definition) is 0. The first-order chi connectivity index (χ1) is 24.1. The molecule has 0 saturated heterocycles. The van der Waals surface area contributed by atoms with Crippen LogP contribution >= 0.6 is 0 Å². The number of nitrogens with zero attached hydrogens (tertiary/aromatic N) is 2. The normalized spacial score (nSPS) is 12.9. The molecule has 0 aliphatic heterocycles. The summed E-state index contributed by atoms with van der Waals surface area (Å²) in [7, 11) is 0. The third-order valence-corrected chi connectivity index (χ3v) is 10.1. The molecule has 2 heteroatoms. The third kappa shape index (κ3) is 4.79. The molecular formula is C47H34N2. The van der Waals surface area contributed by atoms with Crippen molar-refractivity contribution in [3.63, 3.8) is 0 Å². The first kappa shape index (κ1) is 29.1. The Morgan fingerprint density at radius 1 is 0.367 bits per heavy atom. The van der Waals surface area contributed by atoms with Gasteiger partial charge in [-0.25, -0.2) is 9.97 Å². The largest absolute Gasteiger partial charge is 0.228 e. The number of benzene rings is 7. The molecule has 8 aromatic rings. The average Bonchev–Trinajstić information content (AvgIpc) is 3.41. The molecule has 0 unspecified atom stereocenters. The van der Waals surface area contributed by atoms with Gasteiger partial charge in [0.25, 0.3) is 0 Å². The first-order valence-corrected chi connectivity index (χ1v) is 16.9. The highest BCUT2D eigenvalue weighted by Gasteiger charge is 2.37. The van der Waals surface area contributed by atoms with E-state index in [0.29, 0.717) is 5.82 Å². The lowest BCUT2D eigenvalue weighted by Gasteiger charge is -2.25. The van der Waals surface area contributed by atoms with E-state index in [1.807, 2.05) is 6.07 Å². The number of fused-ring (bicyclic) bond motifs is 4. The highest BCUT2D eigenvalue weighted by atomic mass is 14.9. The molecule has 0 radical (unpaired) electrons. The van der Waals surface area contributed by atoms with Gasteiger partial charge in [-0.15, -0.1) is 0 Å². The monoisotopic (exact) mass is 626 g/mol. The molecule has 49 heavy (non-hydrogen) atoms. The Hall–Kier alpha value is -6.12. The lowest BCUT2D eigenvalue weighted by atomic mass is 9.78. The van der Waals surface area contributed by atoms with Gasteiger partial charge in [-0.3, -0.25) is 0 Å². The van der Waals surface area contributed by atoms with Crippen LogP contribution in [0.25, 0.3) is 78.1 Å². The summed E-state index contributed by atoms with van der Waals surface area (Å²) in [5.74, 6) is 0.716. The van der Waals surface area contributed by atoms with Gasteiger partial charge in [-0.2, -0.15) is 0 Å². The van der Waals surface area contributed by atoms with E-state index in [4.69, 9.17) is 9.97 Å². The van der Waals surface area contributed by atoms with Crippen LogP contribution in [0.5, 0.6) is 0 Å². The fourth-order valence-electron chi connectivity index (χ4n) is 7.84. The van der Waals surface area contributed by atoms with Crippen LogP contribution in [0.2, 0.25) is 0 Å².